The molecule has 94 valence electrons. The fourth-order valence-corrected chi connectivity index (χ4v) is 3.46. The van der Waals surface area contributed by atoms with Crippen LogP contribution < -0.4 is 5.32 Å². The second-order valence-corrected chi connectivity index (χ2v) is 7.09. The minimum Gasteiger partial charge on any atom is -0.312 e. The van der Waals surface area contributed by atoms with Crippen LogP contribution in [-0.4, -0.2) is 35.6 Å². The molecule has 1 aliphatic heterocycles. The van der Waals surface area contributed by atoms with E-state index in [4.69, 9.17) is 0 Å². The van der Waals surface area contributed by atoms with Crippen molar-refractivity contribution in [2.24, 2.45) is 11.8 Å². The first-order valence-corrected chi connectivity index (χ1v) is 6.87. The summed E-state index contributed by atoms with van der Waals surface area (Å²) < 4.78 is 0. The van der Waals surface area contributed by atoms with Gasteiger partial charge < -0.3 is 5.32 Å². The maximum absolute atomic E-state index is 3.71. The van der Waals surface area contributed by atoms with E-state index >= 15 is 0 Å². The molecule has 1 N–H and O–H groups in total. The van der Waals surface area contributed by atoms with Crippen LogP contribution >= 0.6 is 0 Å². The highest BCUT2D eigenvalue weighted by atomic mass is 15.2. The summed E-state index contributed by atoms with van der Waals surface area (Å²) in [6.45, 7) is 14.2. The number of nitrogens with one attached hydrogen (secondary N) is 1. The van der Waals surface area contributed by atoms with Gasteiger partial charge in [0, 0.05) is 30.7 Å². The van der Waals surface area contributed by atoms with E-state index in [-0.39, 0.29) is 0 Å². The smallest absolute Gasteiger partial charge is 0.0125 e. The van der Waals surface area contributed by atoms with Gasteiger partial charge in [-0.05, 0) is 45.4 Å². The lowest BCUT2D eigenvalue weighted by Gasteiger charge is -2.33. The van der Waals surface area contributed by atoms with Crippen molar-refractivity contribution < 1.29 is 0 Å². The highest BCUT2D eigenvalue weighted by molar-refractivity contribution is 4.98. The van der Waals surface area contributed by atoms with Crippen LogP contribution in [0.25, 0.3) is 0 Å². The Morgan fingerprint density at radius 1 is 1.06 bits per heavy atom. The third-order valence-corrected chi connectivity index (χ3v) is 4.27. The van der Waals surface area contributed by atoms with Crippen molar-refractivity contribution in [3.63, 3.8) is 0 Å². The molecule has 1 aliphatic carbocycles. The summed E-state index contributed by atoms with van der Waals surface area (Å²) in [5.41, 5.74) is 0.366. The summed E-state index contributed by atoms with van der Waals surface area (Å²) in [6, 6.07) is 1.43. The van der Waals surface area contributed by atoms with Gasteiger partial charge in [-0.1, -0.05) is 13.8 Å². The Kier molecular flexibility index (Phi) is 3.33. The predicted octanol–water partition coefficient (Wildman–Crippen LogP) is 2.49. The molecular formula is C14H28N2. The van der Waals surface area contributed by atoms with Crippen molar-refractivity contribution in [3.05, 3.63) is 0 Å². The van der Waals surface area contributed by atoms with Gasteiger partial charge in [-0.25, -0.2) is 0 Å². The molecule has 2 unspecified atom stereocenters. The van der Waals surface area contributed by atoms with Crippen molar-refractivity contribution in [3.8, 4) is 0 Å². The fraction of sp³-hybridized carbons (Fsp3) is 1.00. The number of nitrogens with zero attached hydrogens (tertiary/aromatic N) is 1. The zero-order valence-corrected chi connectivity index (χ0v) is 11.6. The first-order chi connectivity index (χ1) is 7.36. The van der Waals surface area contributed by atoms with Crippen LogP contribution in [0.5, 0.6) is 0 Å². The van der Waals surface area contributed by atoms with Gasteiger partial charge in [0.05, 0.1) is 0 Å². The van der Waals surface area contributed by atoms with E-state index in [2.05, 4.69) is 44.8 Å². The lowest BCUT2D eigenvalue weighted by Crippen LogP contribution is -2.41. The van der Waals surface area contributed by atoms with Crippen molar-refractivity contribution in [1.82, 2.24) is 10.2 Å². The first-order valence-electron chi connectivity index (χ1n) is 6.87. The number of hydrogen-bond donors (Lipinski definition) is 1. The van der Waals surface area contributed by atoms with Crippen LogP contribution in [0.1, 0.15) is 47.5 Å². The van der Waals surface area contributed by atoms with Crippen molar-refractivity contribution in [2.45, 2.75) is 65.1 Å². The quantitative estimate of drug-likeness (QED) is 0.775. The lowest BCUT2D eigenvalue weighted by atomic mass is 10.0. The largest absolute Gasteiger partial charge is 0.312 e. The zero-order valence-electron chi connectivity index (χ0n) is 11.6. The van der Waals surface area contributed by atoms with Crippen molar-refractivity contribution >= 4 is 0 Å². The summed E-state index contributed by atoms with van der Waals surface area (Å²) in [6.07, 6.45) is 2.80. The van der Waals surface area contributed by atoms with Crippen LogP contribution in [0.15, 0.2) is 0 Å². The molecule has 2 heteroatoms. The highest BCUT2D eigenvalue weighted by Gasteiger charge is 2.43. The van der Waals surface area contributed by atoms with Crippen molar-refractivity contribution in [1.29, 1.82) is 0 Å². The van der Waals surface area contributed by atoms with E-state index < -0.39 is 0 Å². The van der Waals surface area contributed by atoms with Gasteiger partial charge in [-0.2, -0.15) is 0 Å². The summed E-state index contributed by atoms with van der Waals surface area (Å²) in [7, 11) is 0. The second-order valence-electron chi connectivity index (χ2n) is 7.09. The Balaban J connectivity index is 1.86. The van der Waals surface area contributed by atoms with E-state index in [1.165, 1.54) is 25.9 Å². The standard InChI is InChI=1S/C14H28N2/c1-10(2)15-13-6-11-8-16(14(3,4)5)9-12(11)7-13/h10-13,15H,6-9H2,1-5H3. The molecule has 0 aromatic heterocycles. The molecule has 0 spiro atoms. The summed E-state index contributed by atoms with van der Waals surface area (Å²) in [5.74, 6) is 1.91. The molecular weight excluding hydrogens is 196 g/mol. The summed E-state index contributed by atoms with van der Waals surface area (Å²) in [5, 5.41) is 3.71. The average molecular weight is 224 g/mol. The van der Waals surface area contributed by atoms with E-state index in [1.54, 1.807) is 0 Å². The van der Waals surface area contributed by atoms with Gasteiger partial charge in [-0.15, -0.1) is 0 Å². The van der Waals surface area contributed by atoms with Gasteiger partial charge in [0.1, 0.15) is 0 Å². The minimum absolute atomic E-state index is 0.366. The maximum atomic E-state index is 3.71. The Morgan fingerprint density at radius 2 is 1.56 bits per heavy atom. The summed E-state index contributed by atoms with van der Waals surface area (Å²) >= 11 is 0. The van der Waals surface area contributed by atoms with Gasteiger partial charge in [-0.3, -0.25) is 4.90 Å². The van der Waals surface area contributed by atoms with E-state index in [9.17, 15) is 0 Å². The molecule has 0 aromatic rings. The zero-order chi connectivity index (χ0) is 11.9. The molecule has 2 fully saturated rings. The molecule has 2 aliphatic rings. The molecule has 1 saturated heterocycles. The Morgan fingerprint density at radius 3 is 1.94 bits per heavy atom. The molecule has 0 aromatic carbocycles. The van der Waals surface area contributed by atoms with Gasteiger partial charge in [0.2, 0.25) is 0 Å². The maximum Gasteiger partial charge on any atom is 0.0125 e. The second kappa shape index (κ2) is 4.30. The molecule has 2 atom stereocenters. The average Bonchev–Trinajstić information content (AvgIpc) is 2.57. The first kappa shape index (κ1) is 12.4. The predicted molar refractivity (Wildman–Crippen MR) is 69.6 cm³/mol. The molecule has 1 saturated carbocycles. The SMILES string of the molecule is CC(C)NC1CC2CN(C(C)(C)C)CC2C1. The van der Waals surface area contributed by atoms with Crippen LogP contribution in [0.3, 0.4) is 0 Å². The monoisotopic (exact) mass is 224 g/mol. The lowest BCUT2D eigenvalue weighted by molar-refractivity contribution is 0.158. The van der Waals surface area contributed by atoms with Crippen molar-refractivity contribution in [2.75, 3.05) is 13.1 Å². The molecule has 1 heterocycles. The van der Waals surface area contributed by atoms with Gasteiger partial charge >= 0.3 is 0 Å². The third kappa shape index (κ3) is 2.60. The summed E-state index contributed by atoms with van der Waals surface area (Å²) in [4.78, 5) is 2.67. The van der Waals surface area contributed by atoms with E-state index in [0.29, 0.717) is 11.6 Å². The normalized spacial score (nSPS) is 36.0. The number of rotatable bonds is 2. The van der Waals surface area contributed by atoms with Crippen LogP contribution in [0, 0.1) is 11.8 Å². The minimum atomic E-state index is 0.366. The number of hydrogen-bond acceptors (Lipinski definition) is 2. The number of likely N-dealkylation sites (tertiary alicyclic amines) is 1. The molecule has 0 amide bonds. The highest BCUT2D eigenvalue weighted by Crippen LogP contribution is 2.40. The Bertz CT molecular complexity index is 228. The van der Waals surface area contributed by atoms with Gasteiger partial charge in [0.25, 0.3) is 0 Å². The molecule has 2 nitrogen and oxygen atoms in total. The molecule has 0 radical (unpaired) electrons. The van der Waals surface area contributed by atoms with Crippen LogP contribution in [0.2, 0.25) is 0 Å². The van der Waals surface area contributed by atoms with Gasteiger partial charge in [0.15, 0.2) is 0 Å². The van der Waals surface area contributed by atoms with Crippen LogP contribution in [-0.2, 0) is 0 Å². The van der Waals surface area contributed by atoms with E-state index in [1.807, 2.05) is 0 Å². The Hall–Kier alpha value is -0.0800. The molecule has 0 bridgehead atoms. The Labute approximate surface area is 101 Å². The molecule has 2 rings (SSSR count). The van der Waals surface area contributed by atoms with E-state index in [0.717, 1.165) is 17.9 Å². The topological polar surface area (TPSA) is 15.3 Å². The van der Waals surface area contributed by atoms with Crippen LogP contribution in [0.4, 0.5) is 0 Å². The number of fused-ring (bicyclic) bond motifs is 1. The third-order valence-electron chi connectivity index (χ3n) is 4.27. The molecule has 16 heavy (non-hydrogen) atoms. The fourth-order valence-electron chi connectivity index (χ4n) is 3.46.